The number of aryl methyl sites for hydroxylation is 1. The van der Waals surface area contributed by atoms with E-state index in [0.717, 1.165) is 23.9 Å². The molecule has 0 radical (unpaired) electrons. The first kappa shape index (κ1) is 10.7. The van der Waals surface area contributed by atoms with Gasteiger partial charge in [-0.1, -0.05) is 18.5 Å². The van der Waals surface area contributed by atoms with E-state index in [1.54, 1.807) is 0 Å². The Morgan fingerprint density at radius 3 is 3.13 bits per heavy atom. The zero-order chi connectivity index (χ0) is 10.7. The largest absolute Gasteiger partial charge is 0.360 e. The van der Waals surface area contributed by atoms with Crippen molar-refractivity contribution in [2.45, 2.75) is 39.7 Å². The number of rotatable bonds is 3. The lowest BCUT2D eigenvalue weighted by molar-refractivity contribution is 0.150. The summed E-state index contributed by atoms with van der Waals surface area (Å²) >= 11 is 0. The minimum atomic E-state index is 0.878. The van der Waals surface area contributed by atoms with Gasteiger partial charge in [0.25, 0.3) is 0 Å². The van der Waals surface area contributed by atoms with E-state index >= 15 is 0 Å². The number of hydrogen-bond acceptors (Lipinski definition) is 3. The molecule has 3 nitrogen and oxygen atoms in total. The highest BCUT2D eigenvalue weighted by Crippen LogP contribution is 2.20. The molecule has 1 aliphatic heterocycles. The van der Waals surface area contributed by atoms with Crippen LogP contribution in [0.25, 0.3) is 0 Å². The predicted octanol–water partition coefficient (Wildman–Crippen LogP) is 2.61. The predicted molar refractivity (Wildman–Crippen MR) is 59.5 cm³/mol. The second-order valence-electron chi connectivity index (χ2n) is 4.59. The van der Waals surface area contributed by atoms with Crippen molar-refractivity contribution in [3.63, 3.8) is 0 Å². The molecular formula is C12H20N2O. The standard InChI is InChI=1S/C12H20N2O/c1-3-11-5-4-6-14(8-11)9-12-7-10(2)13-15-12/h7,11H,3-6,8-9H2,1-2H3. The van der Waals surface area contributed by atoms with Crippen LogP contribution in [-0.4, -0.2) is 23.1 Å². The molecule has 84 valence electrons. The Bertz CT molecular complexity index is 308. The van der Waals surface area contributed by atoms with E-state index in [1.165, 1.54) is 32.4 Å². The fourth-order valence-corrected chi connectivity index (χ4v) is 2.34. The first-order valence-electron chi connectivity index (χ1n) is 5.92. The SMILES string of the molecule is CCC1CCCN(Cc2cc(C)no2)C1. The molecule has 0 spiro atoms. The maximum atomic E-state index is 5.24. The molecule has 0 N–H and O–H groups in total. The Morgan fingerprint density at radius 1 is 1.60 bits per heavy atom. The van der Waals surface area contributed by atoms with Crippen LogP contribution in [0.4, 0.5) is 0 Å². The molecule has 2 rings (SSSR count). The molecule has 0 amide bonds. The Morgan fingerprint density at radius 2 is 2.47 bits per heavy atom. The third kappa shape index (κ3) is 2.81. The van der Waals surface area contributed by atoms with E-state index in [2.05, 4.69) is 17.0 Å². The quantitative estimate of drug-likeness (QED) is 0.764. The van der Waals surface area contributed by atoms with E-state index in [1.807, 2.05) is 13.0 Å². The van der Waals surface area contributed by atoms with Gasteiger partial charge in [-0.15, -0.1) is 0 Å². The first-order valence-corrected chi connectivity index (χ1v) is 5.92. The minimum Gasteiger partial charge on any atom is -0.360 e. The van der Waals surface area contributed by atoms with Gasteiger partial charge in [0.1, 0.15) is 0 Å². The van der Waals surface area contributed by atoms with Crippen molar-refractivity contribution in [3.05, 3.63) is 17.5 Å². The van der Waals surface area contributed by atoms with Crippen LogP contribution in [0, 0.1) is 12.8 Å². The molecule has 1 aliphatic rings. The zero-order valence-electron chi connectivity index (χ0n) is 9.70. The number of hydrogen-bond donors (Lipinski definition) is 0. The fraction of sp³-hybridized carbons (Fsp3) is 0.750. The van der Waals surface area contributed by atoms with Gasteiger partial charge in [-0.25, -0.2) is 0 Å². The van der Waals surface area contributed by atoms with Crippen molar-refractivity contribution < 1.29 is 4.52 Å². The van der Waals surface area contributed by atoms with Crippen LogP contribution in [0.3, 0.4) is 0 Å². The monoisotopic (exact) mass is 208 g/mol. The minimum absolute atomic E-state index is 0.878. The van der Waals surface area contributed by atoms with Crippen LogP contribution in [0.2, 0.25) is 0 Å². The van der Waals surface area contributed by atoms with E-state index in [9.17, 15) is 0 Å². The summed E-state index contributed by atoms with van der Waals surface area (Å²) in [5, 5.41) is 3.92. The van der Waals surface area contributed by atoms with Crippen LogP contribution in [0.5, 0.6) is 0 Å². The molecule has 1 atom stereocenters. The molecule has 1 aromatic heterocycles. The summed E-state index contributed by atoms with van der Waals surface area (Å²) in [5.41, 5.74) is 0.981. The molecule has 0 aliphatic carbocycles. The van der Waals surface area contributed by atoms with Crippen LogP contribution >= 0.6 is 0 Å². The highest BCUT2D eigenvalue weighted by molar-refractivity contribution is 5.02. The molecule has 2 heterocycles. The third-order valence-electron chi connectivity index (χ3n) is 3.24. The molecular weight excluding hydrogens is 188 g/mol. The summed E-state index contributed by atoms with van der Waals surface area (Å²) in [6.45, 7) is 7.61. The van der Waals surface area contributed by atoms with Gasteiger partial charge in [0, 0.05) is 12.6 Å². The van der Waals surface area contributed by atoms with E-state index in [4.69, 9.17) is 4.52 Å². The second kappa shape index (κ2) is 4.79. The van der Waals surface area contributed by atoms with Gasteiger partial charge in [-0.3, -0.25) is 4.90 Å². The molecule has 1 unspecified atom stereocenters. The number of aromatic nitrogens is 1. The average molecular weight is 208 g/mol. The highest BCUT2D eigenvalue weighted by atomic mass is 16.5. The van der Waals surface area contributed by atoms with Crippen LogP contribution in [-0.2, 0) is 6.54 Å². The van der Waals surface area contributed by atoms with E-state index < -0.39 is 0 Å². The van der Waals surface area contributed by atoms with Gasteiger partial charge in [-0.05, 0) is 32.2 Å². The zero-order valence-corrected chi connectivity index (χ0v) is 9.70. The normalized spacial score (nSPS) is 23.2. The average Bonchev–Trinajstić information content (AvgIpc) is 2.64. The second-order valence-corrected chi connectivity index (χ2v) is 4.59. The van der Waals surface area contributed by atoms with Gasteiger partial charge in [-0.2, -0.15) is 0 Å². The summed E-state index contributed by atoms with van der Waals surface area (Å²) in [7, 11) is 0. The maximum Gasteiger partial charge on any atom is 0.150 e. The summed E-state index contributed by atoms with van der Waals surface area (Å²) in [5.74, 6) is 1.88. The Balaban J connectivity index is 1.88. The highest BCUT2D eigenvalue weighted by Gasteiger charge is 2.19. The molecule has 3 heteroatoms. The van der Waals surface area contributed by atoms with Crippen molar-refractivity contribution >= 4 is 0 Å². The summed E-state index contributed by atoms with van der Waals surface area (Å²) in [6.07, 6.45) is 4.01. The van der Waals surface area contributed by atoms with Crippen LogP contribution in [0.15, 0.2) is 10.6 Å². The van der Waals surface area contributed by atoms with Crippen molar-refractivity contribution in [3.8, 4) is 0 Å². The lowest BCUT2D eigenvalue weighted by Gasteiger charge is -2.31. The lowest BCUT2D eigenvalue weighted by Crippen LogP contribution is -2.34. The van der Waals surface area contributed by atoms with Crippen molar-refractivity contribution in [2.75, 3.05) is 13.1 Å². The van der Waals surface area contributed by atoms with Gasteiger partial charge in [0.05, 0.1) is 12.2 Å². The van der Waals surface area contributed by atoms with Gasteiger partial charge in [0.15, 0.2) is 5.76 Å². The molecule has 15 heavy (non-hydrogen) atoms. The smallest absolute Gasteiger partial charge is 0.150 e. The Kier molecular flexibility index (Phi) is 3.41. The van der Waals surface area contributed by atoms with E-state index in [0.29, 0.717) is 0 Å². The molecule has 0 saturated carbocycles. The van der Waals surface area contributed by atoms with Crippen LogP contribution < -0.4 is 0 Å². The Labute approximate surface area is 91.4 Å². The number of nitrogens with zero attached hydrogens (tertiary/aromatic N) is 2. The van der Waals surface area contributed by atoms with Gasteiger partial charge >= 0.3 is 0 Å². The molecule has 1 aromatic rings. The number of piperidine rings is 1. The molecule has 1 fully saturated rings. The fourth-order valence-electron chi connectivity index (χ4n) is 2.34. The van der Waals surface area contributed by atoms with Crippen molar-refractivity contribution in [1.29, 1.82) is 0 Å². The lowest BCUT2D eigenvalue weighted by atomic mass is 9.96. The third-order valence-corrected chi connectivity index (χ3v) is 3.24. The summed E-state index contributed by atoms with van der Waals surface area (Å²) in [6, 6.07) is 2.04. The number of likely N-dealkylation sites (tertiary alicyclic amines) is 1. The Hall–Kier alpha value is -0.830. The molecule has 0 bridgehead atoms. The summed E-state index contributed by atoms with van der Waals surface area (Å²) in [4.78, 5) is 2.48. The van der Waals surface area contributed by atoms with Gasteiger partial charge in [0.2, 0.25) is 0 Å². The summed E-state index contributed by atoms with van der Waals surface area (Å²) < 4.78 is 5.24. The van der Waals surface area contributed by atoms with Crippen LogP contribution in [0.1, 0.15) is 37.6 Å². The van der Waals surface area contributed by atoms with Crippen molar-refractivity contribution in [2.24, 2.45) is 5.92 Å². The van der Waals surface area contributed by atoms with Gasteiger partial charge < -0.3 is 4.52 Å². The topological polar surface area (TPSA) is 29.3 Å². The van der Waals surface area contributed by atoms with Crippen molar-refractivity contribution in [1.82, 2.24) is 10.1 Å². The molecule has 1 saturated heterocycles. The maximum absolute atomic E-state index is 5.24. The van der Waals surface area contributed by atoms with E-state index in [-0.39, 0.29) is 0 Å². The molecule has 0 aromatic carbocycles. The first-order chi connectivity index (χ1) is 7.28.